The van der Waals surface area contributed by atoms with Gasteiger partial charge < -0.3 is 30.2 Å². The Balaban J connectivity index is 1.93. The Morgan fingerprint density at radius 1 is 1.29 bits per heavy atom. The van der Waals surface area contributed by atoms with E-state index in [1.807, 2.05) is 32.9 Å². The van der Waals surface area contributed by atoms with Gasteiger partial charge in [0, 0.05) is 36.5 Å². The van der Waals surface area contributed by atoms with Crippen LogP contribution >= 0.6 is 11.6 Å². The zero-order valence-electron chi connectivity index (χ0n) is 21.7. The number of ether oxygens (including phenoxy) is 1. The van der Waals surface area contributed by atoms with E-state index in [1.54, 1.807) is 32.9 Å². The molecular weight excluding hydrogens is 470 g/mol. The van der Waals surface area contributed by atoms with E-state index in [0.29, 0.717) is 31.1 Å². The van der Waals surface area contributed by atoms with Crippen molar-refractivity contribution in [2.45, 2.75) is 71.6 Å². The number of urea groups is 1. The van der Waals surface area contributed by atoms with Crippen LogP contribution in [0.5, 0.6) is 0 Å². The van der Waals surface area contributed by atoms with Gasteiger partial charge >= 0.3 is 12.0 Å². The largest absolute Gasteiger partial charge is 0.458 e. The van der Waals surface area contributed by atoms with Gasteiger partial charge in [0.2, 0.25) is 0 Å². The molecule has 0 aromatic heterocycles. The molecule has 1 aromatic carbocycles. The predicted octanol–water partition coefficient (Wildman–Crippen LogP) is 3.49. The van der Waals surface area contributed by atoms with Crippen LogP contribution < -0.4 is 10.6 Å². The number of carbonyl (C=O) groups excluding carboxylic acids is 3. The van der Waals surface area contributed by atoms with Crippen LogP contribution in [-0.4, -0.2) is 66.1 Å². The van der Waals surface area contributed by atoms with Gasteiger partial charge in [0.15, 0.2) is 0 Å². The first kappa shape index (κ1) is 29.1. The Labute approximate surface area is 213 Å². The van der Waals surface area contributed by atoms with Crippen molar-refractivity contribution in [3.8, 4) is 0 Å². The van der Waals surface area contributed by atoms with Crippen molar-refractivity contribution in [2.75, 3.05) is 26.2 Å². The van der Waals surface area contributed by atoms with Crippen LogP contribution in [-0.2, 0) is 19.9 Å². The summed E-state index contributed by atoms with van der Waals surface area (Å²) in [4.78, 5) is 37.9. The first-order valence-electron chi connectivity index (χ1n) is 12.2. The zero-order chi connectivity index (χ0) is 26.4. The molecule has 1 heterocycles. The van der Waals surface area contributed by atoms with Gasteiger partial charge in [-0.15, -0.1) is 0 Å². The Morgan fingerprint density at radius 2 is 1.91 bits per heavy atom. The highest BCUT2D eigenvalue weighted by Gasteiger charge is 2.48. The summed E-state index contributed by atoms with van der Waals surface area (Å²) in [5.74, 6) is -0.495. The maximum atomic E-state index is 12.4. The Morgan fingerprint density at radius 3 is 2.46 bits per heavy atom. The molecule has 9 heteroatoms. The minimum absolute atomic E-state index is 0.119. The monoisotopic (exact) mass is 509 g/mol. The van der Waals surface area contributed by atoms with Gasteiger partial charge in [-0.05, 0) is 43.9 Å². The normalized spacial score (nSPS) is 22.1. The molecule has 196 valence electrons. The molecule has 2 amide bonds. The maximum absolute atomic E-state index is 12.4. The average Bonchev–Trinajstić information content (AvgIpc) is 2.78. The molecule has 2 rings (SSSR count). The van der Waals surface area contributed by atoms with E-state index in [-0.39, 0.29) is 24.9 Å². The second-order valence-corrected chi connectivity index (χ2v) is 11.2. The fourth-order valence-electron chi connectivity index (χ4n) is 4.59. The molecule has 1 aliphatic rings. The SMILES string of the molecule is CCC(=O)OC(C)(C)CNC(=O)NC(C=O)[C@@H](C)CN1CC[C@](O)(c2ccc(Cl)cc2)C(C)(C)C1. The molecule has 0 spiro atoms. The summed E-state index contributed by atoms with van der Waals surface area (Å²) in [6.45, 7) is 13.1. The molecule has 0 aliphatic carbocycles. The molecule has 8 nitrogen and oxygen atoms in total. The predicted molar refractivity (Wildman–Crippen MR) is 136 cm³/mol. The lowest BCUT2D eigenvalue weighted by atomic mass is 9.66. The molecule has 3 atom stereocenters. The first-order valence-corrected chi connectivity index (χ1v) is 12.5. The van der Waals surface area contributed by atoms with Crippen LogP contribution in [0, 0.1) is 11.3 Å². The third kappa shape index (κ3) is 7.66. The highest BCUT2D eigenvalue weighted by molar-refractivity contribution is 6.30. The number of rotatable bonds is 10. The van der Waals surface area contributed by atoms with Crippen molar-refractivity contribution in [3.05, 3.63) is 34.9 Å². The smallest absolute Gasteiger partial charge is 0.315 e. The third-order valence-corrected chi connectivity index (χ3v) is 7.06. The van der Waals surface area contributed by atoms with Crippen LogP contribution in [0.4, 0.5) is 4.79 Å². The fourth-order valence-corrected chi connectivity index (χ4v) is 4.71. The van der Waals surface area contributed by atoms with Crippen molar-refractivity contribution in [3.63, 3.8) is 0 Å². The number of benzene rings is 1. The molecule has 35 heavy (non-hydrogen) atoms. The number of aliphatic hydroxyl groups is 1. The number of nitrogens with one attached hydrogen (secondary N) is 2. The Hall–Kier alpha value is -2.16. The first-order chi connectivity index (χ1) is 16.2. The quantitative estimate of drug-likeness (QED) is 0.329. The van der Waals surface area contributed by atoms with Gasteiger partial charge in [0.05, 0.1) is 18.2 Å². The van der Waals surface area contributed by atoms with Crippen molar-refractivity contribution >= 4 is 29.9 Å². The van der Waals surface area contributed by atoms with Crippen LogP contribution in [0.15, 0.2) is 24.3 Å². The van der Waals surface area contributed by atoms with Crippen LogP contribution in [0.3, 0.4) is 0 Å². The maximum Gasteiger partial charge on any atom is 0.315 e. The summed E-state index contributed by atoms with van der Waals surface area (Å²) in [6, 6.07) is 6.15. The average molecular weight is 510 g/mol. The number of aldehydes is 1. The molecule has 0 bridgehead atoms. The van der Waals surface area contributed by atoms with Gasteiger partial charge in [-0.2, -0.15) is 0 Å². The van der Waals surface area contributed by atoms with Gasteiger partial charge in [0.25, 0.3) is 0 Å². The molecule has 3 N–H and O–H groups in total. The van der Waals surface area contributed by atoms with E-state index < -0.39 is 28.7 Å². The summed E-state index contributed by atoms with van der Waals surface area (Å²) in [6.07, 6.45) is 1.54. The van der Waals surface area contributed by atoms with Crippen molar-refractivity contribution in [2.24, 2.45) is 11.3 Å². The van der Waals surface area contributed by atoms with Crippen molar-refractivity contribution in [1.82, 2.24) is 15.5 Å². The number of hydrogen-bond donors (Lipinski definition) is 3. The molecule has 0 radical (unpaired) electrons. The second-order valence-electron chi connectivity index (χ2n) is 10.8. The number of piperidine rings is 1. The number of likely N-dealkylation sites (tertiary alicyclic amines) is 1. The summed E-state index contributed by atoms with van der Waals surface area (Å²) < 4.78 is 5.31. The molecular formula is C26H40ClN3O5. The lowest BCUT2D eigenvalue weighted by Gasteiger charge is -2.51. The number of carbonyl (C=O) groups is 3. The Kier molecular flexibility index (Phi) is 9.73. The van der Waals surface area contributed by atoms with E-state index in [0.717, 1.165) is 11.8 Å². The molecule has 1 fully saturated rings. The topological polar surface area (TPSA) is 108 Å². The fraction of sp³-hybridized carbons (Fsp3) is 0.654. The zero-order valence-corrected chi connectivity index (χ0v) is 22.4. The van der Waals surface area contributed by atoms with E-state index >= 15 is 0 Å². The van der Waals surface area contributed by atoms with Gasteiger partial charge in [-0.25, -0.2) is 4.79 Å². The number of amides is 2. The lowest BCUT2D eigenvalue weighted by Crippen LogP contribution is -2.57. The van der Waals surface area contributed by atoms with E-state index in [1.165, 1.54) is 0 Å². The molecule has 1 saturated heterocycles. The highest BCUT2D eigenvalue weighted by atomic mass is 35.5. The minimum atomic E-state index is -0.993. The summed E-state index contributed by atoms with van der Waals surface area (Å²) >= 11 is 6.02. The number of halogens is 1. The number of hydrogen-bond acceptors (Lipinski definition) is 6. The van der Waals surface area contributed by atoms with E-state index in [4.69, 9.17) is 16.3 Å². The van der Waals surface area contributed by atoms with E-state index in [2.05, 4.69) is 15.5 Å². The molecule has 1 unspecified atom stereocenters. The van der Waals surface area contributed by atoms with Crippen LogP contribution in [0.25, 0.3) is 0 Å². The number of esters is 1. The lowest BCUT2D eigenvalue weighted by molar-refractivity contribution is -0.155. The molecule has 0 saturated carbocycles. The van der Waals surface area contributed by atoms with Gasteiger partial charge in [-0.1, -0.05) is 51.4 Å². The minimum Gasteiger partial charge on any atom is -0.458 e. The number of nitrogens with zero attached hydrogens (tertiary/aromatic N) is 1. The molecule has 1 aromatic rings. The van der Waals surface area contributed by atoms with E-state index in [9.17, 15) is 19.5 Å². The standard InChI is InChI=1S/C26H40ClN3O5/c1-7-22(32)35-25(5,6)16-28-23(33)29-21(15-31)18(2)14-30-13-12-26(34,24(3,4)17-30)19-8-10-20(27)11-9-19/h8-11,15,18,21,34H,7,12-14,16-17H2,1-6H3,(H2,28,29,33)/t18-,21?,26-/m0/s1. The summed E-state index contributed by atoms with van der Waals surface area (Å²) in [7, 11) is 0. The van der Waals surface area contributed by atoms with Crippen molar-refractivity contribution in [1.29, 1.82) is 0 Å². The third-order valence-electron chi connectivity index (χ3n) is 6.81. The van der Waals surface area contributed by atoms with Crippen LogP contribution in [0.2, 0.25) is 5.02 Å². The molecule has 1 aliphatic heterocycles. The van der Waals surface area contributed by atoms with Gasteiger partial charge in [0.1, 0.15) is 11.9 Å². The Bertz CT molecular complexity index is 889. The van der Waals surface area contributed by atoms with Crippen molar-refractivity contribution < 1.29 is 24.2 Å². The van der Waals surface area contributed by atoms with Gasteiger partial charge in [-0.3, -0.25) is 4.79 Å². The summed E-state index contributed by atoms with van der Waals surface area (Å²) in [5.41, 5.74) is -1.45. The highest BCUT2D eigenvalue weighted by Crippen LogP contribution is 2.46. The van der Waals surface area contributed by atoms with Crippen LogP contribution in [0.1, 0.15) is 59.9 Å². The second kappa shape index (κ2) is 11.7. The summed E-state index contributed by atoms with van der Waals surface area (Å²) in [5, 5.41) is 17.6.